The fourth-order valence-corrected chi connectivity index (χ4v) is 2.27. The van der Waals surface area contributed by atoms with Crippen LogP contribution in [0.2, 0.25) is 0 Å². The Labute approximate surface area is 128 Å². The number of thioether (sulfide) groups is 1. The van der Waals surface area contributed by atoms with Gasteiger partial charge in [-0.25, -0.2) is 14.6 Å². The minimum Gasteiger partial charge on any atom is -0.476 e. The number of amides is 2. The van der Waals surface area contributed by atoms with Crippen molar-refractivity contribution < 1.29 is 14.7 Å². The van der Waals surface area contributed by atoms with Crippen molar-refractivity contribution in [2.75, 3.05) is 25.6 Å². The van der Waals surface area contributed by atoms with Gasteiger partial charge in [0, 0.05) is 32.4 Å². The van der Waals surface area contributed by atoms with Crippen molar-refractivity contribution in [1.29, 1.82) is 0 Å². The molecule has 0 saturated carbocycles. The fourth-order valence-electron chi connectivity index (χ4n) is 1.69. The van der Waals surface area contributed by atoms with Crippen LogP contribution in [0.5, 0.6) is 0 Å². The molecule has 118 valence electrons. The van der Waals surface area contributed by atoms with E-state index in [1.807, 2.05) is 13.2 Å². The van der Waals surface area contributed by atoms with E-state index in [-0.39, 0.29) is 17.8 Å². The van der Waals surface area contributed by atoms with E-state index >= 15 is 0 Å². The van der Waals surface area contributed by atoms with Crippen molar-refractivity contribution in [2.24, 2.45) is 0 Å². The Balaban J connectivity index is 2.33. The molecule has 2 N–H and O–H groups in total. The number of aromatic nitrogens is 2. The first-order chi connectivity index (χ1) is 9.95. The SMILES string of the molecule is CSCCC(C)N(C)C(=O)NCCn1cnc(C(=O)O)c1. The molecular formula is C13H22N4O3S. The lowest BCUT2D eigenvalue weighted by molar-refractivity contribution is 0.0691. The second-order valence-corrected chi connectivity index (χ2v) is 5.76. The summed E-state index contributed by atoms with van der Waals surface area (Å²) in [6.07, 6.45) is 5.89. The molecule has 0 saturated heterocycles. The standard InChI is InChI=1S/C13H22N4O3S/c1-10(4-7-21-3)16(2)13(20)14-5-6-17-8-11(12(18)19)15-9-17/h8-10H,4-7H2,1-3H3,(H,14,20)(H,18,19). The monoisotopic (exact) mass is 314 g/mol. The molecule has 21 heavy (non-hydrogen) atoms. The van der Waals surface area contributed by atoms with E-state index in [0.717, 1.165) is 12.2 Å². The zero-order chi connectivity index (χ0) is 15.8. The van der Waals surface area contributed by atoms with Crippen LogP contribution in [-0.4, -0.2) is 63.2 Å². The predicted octanol–water partition coefficient (Wildman–Crippen LogP) is 1.36. The molecule has 0 aliphatic carbocycles. The highest BCUT2D eigenvalue weighted by molar-refractivity contribution is 7.98. The van der Waals surface area contributed by atoms with Gasteiger partial charge in [0.25, 0.3) is 0 Å². The zero-order valence-corrected chi connectivity index (χ0v) is 13.4. The van der Waals surface area contributed by atoms with Gasteiger partial charge >= 0.3 is 12.0 Å². The average Bonchev–Trinajstić information content (AvgIpc) is 2.92. The van der Waals surface area contributed by atoms with Crippen molar-refractivity contribution in [3.05, 3.63) is 18.2 Å². The number of aromatic carboxylic acids is 1. The van der Waals surface area contributed by atoms with Crippen LogP contribution in [0.4, 0.5) is 4.79 Å². The highest BCUT2D eigenvalue weighted by Crippen LogP contribution is 2.06. The van der Waals surface area contributed by atoms with E-state index in [1.54, 1.807) is 28.3 Å². The number of carboxylic acid groups (broad SMARTS) is 1. The number of nitrogens with one attached hydrogen (secondary N) is 1. The molecule has 0 bridgehead atoms. The number of urea groups is 1. The highest BCUT2D eigenvalue weighted by Gasteiger charge is 2.14. The maximum Gasteiger partial charge on any atom is 0.356 e. The topological polar surface area (TPSA) is 87.5 Å². The number of hydrogen-bond acceptors (Lipinski definition) is 4. The molecule has 0 aliphatic heterocycles. The van der Waals surface area contributed by atoms with Gasteiger partial charge in [-0.05, 0) is 25.4 Å². The summed E-state index contributed by atoms with van der Waals surface area (Å²) >= 11 is 1.76. The molecule has 1 aromatic rings. The van der Waals surface area contributed by atoms with Crippen LogP contribution in [0.1, 0.15) is 23.8 Å². The number of nitrogens with zero attached hydrogens (tertiary/aromatic N) is 3. The lowest BCUT2D eigenvalue weighted by atomic mass is 10.2. The summed E-state index contributed by atoms with van der Waals surface area (Å²) in [4.78, 5) is 28.1. The number of hydrogen-bond donors (Lipinski definition) is 2. The van der Waals surface area contributed by atoms with Gasteiger partial charge in [-0.3, -0.25) is 0 Å². The fraction of sp³-hybridized carbons (Fsp3) is 0.615. The van der Waals surface area contributed by atoms with Gasteiger partial charge in [-0.15, -0.1) is 0 Å². The maximum atomic E-state index is 11.9. The number of carbonyl (C=O) groups is 2. The summed E-state index contributed by atoms with van der Waals surface area (Å²) in [5, 5.41) is 11.6. The molecule has 1 atom stereocenters. The molecule has 0 radical (unpaired) electrons. The first-order valence-corrected chi connectivity index (χ1v) is 8.09. The summed E-state index contributed by atoms with van der Waals surface area (Å²) in [6, 6.07) is 0.0616. The predicted molar refractivity (Wildman–Crippen MR) is 82.8 cm³/mol. The van der Waals surface area contributed by atoms with E-state index in [2.05, 4.69) is 10.3 Å². The maximum absolute atomic E-state index is 11.9. The van der Waals surface area contributed by atoms with Crippen molar-refractivity contribution in [3.63, 3.8) is 0 Å². The van der Waals surface area contributed by atoms with Crippen LogP contribution >= 0.6 is 11.8 Å². The van der Waals surface area contributed by atoms with Gasteiger partial charge in [0.2, 0.25) is 0 Å². The summed E-state index contributed by atoms with van der Waals surface area (Å²) < 4.78 is 1.64. The lowest BCUT2D eigenvalue weighted by Crippen LogP contribution is -2.43. The van der Waals surface area contributed by atoms with Gasteiger partial charge in [0.1, 0.15) is 0 Å². The van der Waals surface area contributed by atoms with Crippen LogP contribution in [0, 0.1) is 0 Å². The van der Waals surface area contributed by atoms with Crippen molar-refractivity contribution in [1.82, 2.24) is 19.8 Å². The van der Waals surface area contributed by atoms with E-state index in [0.29, 0.717) is 13.1 Å². The van der Waals surface area contributed by atoms with E-state index in [1.165, 1.54) is 12.5 Å². The zero-order valence-electron chi connectivity index (χ0n) is 12.6. The summed E-state index contributed by atoms with van der Waals surface area (Å²) in [7, 11) is 1.78. The Morgan fingerprint density at radius 2 is 2.29 bits per heavy atom. The molecule has 0 aliphatic rings. The Morgan fingerprint density at radius 3 is 2.86 bits per heavy atom. The van der Waals surface area contributed by atoms with Gasteiger partial charge in [0.05, 0.1) is 6.33 Å². The molecule has 0 aromatic carbocycles. The molecule has 7 nitrogen and oxygen atoms in total. The molecule has 1 unspecified atom stereocenters. The van der Waals surface area contributed by atoms with Gasteiger partial charge in [0.15, 0.2) is 5.69 Å². The Morgan fingerprint density at radius 1 is 1.57 bits per heavy atom. The number of imidazole rings is 1. The molecule has 8 heteroatoms. The first-order valence-electron chi connectivity index (χ1n) is 6.70. The molecule has 1 heterocycles. The Bertz CT molecular complexity index is 478. The van der Waals surface area contributed by atoms with Crippen LogP contribution in [0.3, 0.4) is 0 Å². The average molecular weight is 314 g/mol. The van der Waals surface area contributed by atoms with Crippen molar-refractivity contribution in [3.8, 4) is 0 Å². The third kappa shape index (κ3) is 5.66. The molecular weight excluding hydrogens is 292 g/mol. The molecule has 1 rings (SSSR count). The quantitative estimate of drug-likeness (QED) is 0.756. The van der Waals surface area contributed by atoms with Gasteiger partial charge in [-0.2, -0.15) is 11.8 Å². The van der Waals surface area contributed by atoms with E-state index in [4.69, 9.17) is 5.11 Å². The second-order valence-electron chi connectivity index (χ2n) is 4.78. The Hall–Kier alpha value is -1.70. The molecule has 0 spiro atoms. The second kappa shape index (κ2) is 8.56. The highest BCUT2D eigenvalue weighted by atomic mass is 32.2. The normalized spacial score (nSPS) is 12.0. The van der Waals surface area contributed by atoms with Crippen LogP contribution in [0.25, 0.3) is 0 Å². The first kappa shape index (κ1) is 17.4. The van der Waals surface area contributed by atoms with E-state index in [9.17, 15) is 9.59 Å². The number of carboxylic acids is 1. The van der Waals surface area contributed by atoms with Gasteiger partial charge in [-0.1, -0.05) is 0 Å². The lowest BCUT2D eigenvalue weighted by Gasteiger charge is -2.25. The van der Waals surface area contributed by atoms with E-state index < -0.39 is 5.97 Å². The summed E-state index contributed by atoms with van der Waals surface area (Å²) in [5.74, 6) is -0.0358. The van der Waals surface area contributed by atoms with Crippen LogP contribution < -0.4 is 5.32 Å². The summed E-state index contributed by atoms with van der Waals surface area (Å²) in [6.45, 7) is 2.93. The van der Waals surface area contributed by atoms with Crippen molar-refractivity contribution >= 4 is 23.8 Å². The third-order valence-corrected chi connectivity index (χ3v) is 3.86. The minimum absolute atomic E-state index is 0.00383. The molecule has 1 aromatic heterocycles. The summed E-state index contributed by atoms with van der Waals surface area (Å²) in [5.41, 5.74) is 0.00383. The van der Waals surface area contributed by atoms with Crippen molar-refractivity contribution in [2.45, 2.75) is 25.9 Å². The van der Waals surface area contributed by atoms with Crippen LogP contribution in [-0.2, 0) is 6.54 Å². The van der Waals surface area contributed by atoms with Gasteiger partial charge < -0.3 is 19.9 Å². The molecule has 2 amide bonds. The largest absolute Gasteiger partial charge is 0.476 e. The molecule has 0 fully saturated rings. The minimum atomic E-state index is -1.06. The smallest absolute Gasteiger partial charge is 0.356 e. The number of carbonyl (C=O) groups excluding carboxylic acids is 1. The Kier molecular flexibility index (Phi) is 7.07. The number of rotatable bonds is 8. The third-order valence-electron chi connectivity index (χ3n) is 3.22. The van der Waals surface area contributed by atoms with Crippen LogP contribution in [0.15, 0.2) is 12.5 Å².